The van der Waals surface area contributed by atoms with Gasteiger partial charge in [0.1, 0.15) is 5.82 Å². The Morgan fingerprint density at radius 1 is 0.957 bits per heavy atom. The minimum absolute atomic E-state index is 0.133. The van der Waals surface area contributed by atoms with E-state index in [0.29, 0.717) is 10.0 Å². The molecule has 1 heterocycles. The van der Waals surface area contributed by atoms with Crippen molar-refractivity contribution in [2.75, 3.05) is 5.32 Å². The Morgan fingerprint density at radius 2 is 1.65 bits per heavy atom. The lowest BCUT2D eigenvalue weighted by atomic mass is 10.0. The summed E-state index contributed by atoms with van der Waals surface area (Å²) in [7, 11) is 0. The lowest BCUT2D eigenvalue weighted by Crippen LogP contribution is -2.27. The van der Waals surface area contributed by atoms with Crippen LogP contribution >= 0.6 is 23.2 Å². The SMILES string of the molecule is CC(C)(C)Nc1nc2cc(Cl)ccc2c(Cl)c1-c1ccccc1. The van der Waals surface area contributed by atoms with Crippen molar-refractivity contribution in [1.82, 2.24) is 4.98 Å². The van der Waals surface area contributed by atoms with Crippen molar-refractivity contribution in [3.05, 3.63) is 58.6 Å². The van der Waals surface area contributed by atoms with E-state index in [4.69, 9.17) is 28.2 Å². The molecule has 1 N–H and O–H groups in total. The molecule has 3 rings (SSSR count). The minimum atomic E-state index is -0.133. The second-order valence-corrected chi connectivity index (χ2v) is 7.37. The van der Waals surface area contributed by atoms with Crippen LogP contribution in [-0.4, -0.2) is 10.5 Å². The molecule has 0 aliphatic rings. The van der Waals surface area contributed by atoms with Gasteiger partial charge in [0, 0.05) is 21.5 Å². The van der Waals surface area contributed by atoms with E-state index in [2.05, 4.69) is 26.1 Å². The number of halogens is 2. The first-order chi connectivity index (χ1) is 10.8. The van der Waals surface area contributed by atoms with Gasteiger partial charge in [-0.25, -0.2) is 4.98 Å². The van der Waals surface area contributed by atoms with Crippen LogP contribution in [0.5, 0.6) is 0 Å². The largest absolute Gasteiger partial charge is 0.365 e. The van der Waals surface area contributed by atoms with Gasteiger partial charge >= 0.3 is 0 Å². The van der Waals surface area contributed by atoms with Crippen LogP contribution < -0.4 is 5.32 Å². The standard InChI is InChI=1S/C19H18Cl2N2/c1-19(2,3)23-18-16(12-7-5-4-6-8-12)17(21)14-10-9-13(20)11-15(14)22-18/h4-11H,1-3H3,(H,22,23). The van der Waals surface area contributed by atoms with E-state index in [0.717, 1.165) is 27.8 Å². The normalized spacial score (nSPS) is 11.7. The molecule has 0 fully saturated rings. The van der Waals surface area contributed by atoms with Gasteiger partial charge in [-0.15, -0.1) is 0 Å². The highest BCUT2D eigenvalue weighted by molar-refractivity contribution is 6.39. The van der Waals surface area contributed by atoms with Crippen molar-refractivity contribution in [1.29, 1.82) is 0 Å². The van der Waals surface area contributed by atoms with E-state index in [1.807, 2.05) is 48.5 Å². The number of pyridine rings is 1. The minimum Gasteiger partial charge on any atom is -0.365 e. The highest BCUT2D eigenvalue weighted by Crippen LogP contribution is 2.40. The molecule has 2 nitrogen and oxygen atoms in total. The Hall–Kier alpha value is -1.77. The third-order valence-corrected chi connectivity index (χ3v) is 4.07. The van der Waals surface area contributed by atoms with Crippen LogP contribution in [0.2, 0.25) is 10.0 Å². The Morgan fingerprint density at radius 3 is 2.30 bits per heavy atom. The van der Waals surface area contributed by atoms with Gasteiger partial charge in [-0.2, -0.15) is 0 Å². The van der Waals surface area contributed by atoms with Gasteiger partial charge in [-0.3, -0.25) is 0 Å². The van der Waals surface area contributed by atoms with E-state index in [-0.39, 0.29) is 5.54 Å². The number of aromatic nitrogens is 1. The first-order valence-electron chi connectivity index (χ1n) is 7.47. The first kappa shape index (κ1) is 16.1. The van der Waals surface area contributed by atoms with Crippen molar-refractivity contribution in [3.63, 3.8) is 0 Å². The van der Waals surface area contributed by atoms with Gasteiger partial charge in [0.2, 0.25) is 0 Å². The van der Waals surface area contributed by atoms with E-state index in [1.165, 1.54) is 0 Å². The maximum atomic E-state index is 6.74. The molecule has 0 saturated heterocycles. The zero-order valence-corrected chi connectivity index (χ0v) is 14.8. The summed E-state index contributed by atoms with van der Waals surface area (Å²) < 4.78 is 0. The molecule has 1 aromatic heterocycles. The summed E-state index contributed by atoms with van der Waals surface area (Å²) in [5, 5.41) is 5.69. The molecule has 0 saturated carbocycles. The summed E-state index contributed by atoms with van der Waals surface area (Å²) in [5.74, 6) is 0.767. The maximum absolute atomic E-state index is 6.74. The average molecular weight is 345 g/mol. The van der Waals surface area contributed by atoms with Gasteiger partial charge in [-0.1, -0.05) is 53.5 Å². The zero-order valence-electron chi connectivity index (χ0n) is 13.3. The fraction of sp³-hybridized carbons (Fsp3) is 0.211. The Labute approximate surface area is 146 Å². The van der Waals surface area contributed by atoms with Crippen LogP contribution in [0.3, 0.4) is 0 Å². The smallest absolute Gasteiger partial charge is 0.136 e. The zero-order chi connectivity index (χ0) is 16.6. The Balaban J connectivity index is 2.32. The van der Waals surface area contributed by atoms with E-state index in [9.17, 15) is 0 Å². The average Bonchev–Trinajstić information content (AvgIpc) is 2.46. The molecule has 118 valence electrons. The van der Waals surface area contributed by atoms with Crippen LogP contribution in [0.15, 0.2) is 48.5 Å². The van der Waals surface area contributed by atoms with Crippen LogP contribution in [-0.2, 0) is 0 Å². The van der Waals surface area contributed by atoms with Gasteiger partial charge in [0.25, 0.3) is 0 Å². The van der Waals surface area contributed by atoms with Gasteiger partial charge < -0.3 is 5.32 Å². The van der Waals surface area contributed by atoms with Crippen LogP contribution in [0.25, 0.3) is 22.0 Å². The molecule has 4 heteroatoms. The first-order valence-corrected chi connectivity index (χ1v) is 8.23. The van der Waals surface area contributed by atoms with Crippen molar-refractivity contribution in [2.45, 2.75) is 26.3 Å². The number of rotatable bonds is 2. The number of fused-ring (bicyclic) bond motifs is 1. The quantitative estimate of drug-likeness (QED) is 0.580. The molecule has 0 spiro atoms. The summed E-state index contributed by atoms with van der Waals surface area (Å²) in [4.78, 5) is 4.78. The topological polar surface area (TPSA) is 24.9 Å². The third kappa shape index (κ3) is 3.44. The third-order valence-electron chi connectivity index (χ3n) is 3.44. The molecule has 0 bridgehead atoms. The monoisotopic (exact) mass is 344 g/mol. The fourth-order valence-electron chi connectivity index (χ4n) is 2.51. The lowest BCUT2D eigenvalue weighted by Gasteiger charge is -2.24. The summed E-state index contributed by atoms with van der Waals surface area (Å²) in [6, 6.07) is 15.7. The van der Waals surface area contributed by atoms with Gasteiger partial charge in [0.15, 0.2) is 0 Å². The van der Waals surface area contributed by atoms with Gasteiger partial charge in [0.05, 0.1) is 10.5 Å². The number of hydrogen-bond donors (Lipinski definition) is 1. The predicted octanol–water partition coefficient (Wildman–Crippen LogP) is 6.42. The van der Waals surface area contributed by atoms with E-state index in [1.54, 1.807) is 0 Å². The summed E-state index contributed by atoms with van der Waals surface area (Å²) in [6.07, 6.45) is 0. The van der Waals surface area contributed by atoms with Crippen molar-refractivity contribution < 1.29 is 0 Å². The highest BCUT2D eigenvalue weighted by atomic mass is 35.5. The number of nitrogens with zero attached hydrogens (tertiary/aromatic N) is 1. The Kier molecular flexibility index (Phi) is 4.22. The fourth-order valence-corrected chi connectivity index (χ4v) is 3.04. The molecular weight excluding hydrogens is 327 g/mol. The molecule has 0 amide bonds. The second kappa shape index (κ2) is 6.03. The molecule has 0 unspecified atom stereocenters. The summed E-state index contributed by atoms with van der Waals surface area (Å²) >= 11 is 12.8. The van der Waals surface area contributed by atoms with Crippen molar-refractivity contribution >= 4 is 39.9 Å². The van der Waals surface area contributed by atoms with Gasteiger partial charge in [-0.05, 0) is 44.5 Å². The molecule has 23 heavy (non-hydrogen) atoms. The molecule has 0 atom stereocenters. The molecule has 2 aromatic carbocycles. The maximum Gasteiger partial charge on any atom is 0.136 e. The summed E-state index contributed by atoms with van der Waals surface area (Å²) in [6.45, 7) is 6.29. The Bertz CT molecular complexity index is 853. The molecule has 0 aliphatic carbocycles. The molecular formula is C19H18Cl2N2. The number of nitrogens with one attached hydrogen (secondary N) is 1. The highest BCUT2D eigenvalue weighted by Gasteiger charge is 2.19. The van der Waals surface area contributed by atoms with Crippen molar-refractivity contribution in [3.8, 4) is 11.1 Å². The van der Waals surface area contributed by atoms with E-state index < -0.39 is 0 Å². The van der Waals surface area contributed by atoms with Crippen LogP contribution in [0.4, 0.5) is 5.82 Å². The number of anilines is 1. The lowest BCUT2D eigenvalue weighted by molar-refractivity contribution is 0.631. The van der Waals surface area contributed by atoms with E-state index >= 15 is 0 Å². The van der Waals surface area contributed by atoms with Crippen LogP contribution in [0.1, 0.15) is 20.8 Å². The number of benzene rings is 2. The second-order valence-electron chi connectivity index (χ2n) is 6.55. The van der Waals surface area contributed by atoms with Crippen molar-refractivity contribution in [2.24, 2.45) is 0 Å². The molecule has 3 aromatic rings. The molecule has 0 radical (unpaired) electrons. The molecule has 0 aliphatic heterocycles. The predicted molar refractivity (Wildman–Crippen MR) is 101 cm³/mol. The summed E-state index contributed by atoms with van der Waals surface area (Å²) in [5.41, 5.74) is 2.60. The van der Waals surface area contributed by atoms with Crippen LogP contribution in [0, 0.1) is 0 Å². The number of hydrogen-bond acceptors (Lipinski definition) is 2.